The van der Waals surface area contributed by atoms with Gasteiger partial charge in [-0.1, -0.05) is 23.7 Å². The molecule has 5 rings (SSSR count). The molecule has 2 N–H and O–H groups in total. The normalized spacial score (nSPS) is 14.4. The van der Waals surface area contributed by atoms with Crippen LogP contribution in [0.5, 0.6) is 0 Å². The van der Waals surface area contributed by atoms with Gasteiger partial charge in [-0.3, -0.25) is 14.9 Å². The molecule has 0 spiro atoms. The van der Waals surface area contributed by atoms with Crippen LogP contribution in [-0.4, -0.2) is 40.9 Å². The monoisotopic (exact) mass is 419 g/mol. The van der Waals surface area contributed by atoms with Crippen LogP contribution in [0.25, 0.3) is 27.7 Å². The smallest absolute Gasteiger partial charge is 0.280 e. The van der Waals surface area contributed by atoms with Crippen molar-refractivity contribution in [3.8, 4) is 16.8 Å². The second kappa shape index (κ2) is 7.63. The summed E-state index contributed by atoms with van der Waals surface area (Å²) < 4.78 is 1.54. The molecule has 2 aromatic heterocycles. The molecule has 0 amide bonds. The number of halogens is 1. The largest absolute Gasteiger partial charge is 0.369 e. The number of hydrogen-bond donors (Lipinski definition) is 2. The van der Waals surface area contributed by atoms with Crippen molar-refractivity contribution in [3.05, 3.63) is 75.8 Å². The maximum atomic E-state index is 13.0. The van der Waals surface area contributed by atoms with Crippen molar-refractivity contribution in [2.75, 3.05) is 31.1 Å². The van der Waals surface area contributed by atoms with Crippen LogP contribution in [0, 0.1) is 6.92 Å². The van der Waals surface area contributed by atoms with Crippen molar-refractivity contribution in [2.24, 2.45) is 0 Å². The molecule has 0 bridgehead atoms. The number of nitrogens with one attached hydrogen (secondary N) is 2. The molecule has 1 saturated heterocycles. The average molecular weight is 420 g/mol. The van der Waals surface area contributed by atoms with Gasteiger partial charge in [0.25, 0.3) is 5.56 Å². The summed E-state index contributed by atoms with van der Waals surface area (Å²) in [5, 5.41) is 7.86. The fourth-order valence-corrected chi connectivity index (χ4v) is 4.18. The zero-order valence-electron chi connectivity index (χ0n) is 16.7. The van der Waals surface area contributed by atoms with E-state index in [1.54, 1.807) is 23.0 Å². The van der Waals surface area contributed by atoms with E-state index < -0.39 is 0 Å². The minimum absolute atomic E-state index is 0.126. The highest BCUT2D eigenvalue weighted by molar-refractivity contribution is 6.30. The Hall–Kier alpha value is -3.09. The van der Waals surface area contributed by atoms with Gasteiger partial charge in [0.2, 0.25) is 0 Å². The zero-order chi connectivity index (χ0) is 20.7. The van der Waals surface area contributed by atoms with E-state index in [0.717, 1.165) is 54.2 Å². The second-order valence-electron chi connectivity index (χ2n) is 7.52. The lowest BCUT2D eigenvalue weighted by Gasteiger charge is -2.29. The number of rotatable bonds is 3. The molecule has 0 saturated carbocycles. The van der Waals surface area contributed by atoms with E-state index in [1.807, 2.05) is 19.1 Å². The lowest BCUT2D eigenvalue weighted by atomic mass is 10.0. The topological polar surface area (TPSA) is 66.0 Å². The average Bonchev–Trinajstić information content (AvgIpc) is 3.11. The third-order valence-electron chi connectivity index (χ3n) is 5.65. The Balaban J connectivity index is 1.60. The summed E-state index contributed by atoms with van der Waals surface area (Å²) in [6.45, 7) is 5.99. The maximum Gasteiger partial charge on any atom is 0.280 e. The van der Waals surface area contributed by atoms with Gasteiger partial charge >= 0.3 is 0 Å². The number of hydrogen-bond acceptors (Lipinski definition) is 4. The summed E-state index contributed by atoms with van der Waals surface area (Å²) in [4.78, 5) is 19.9. The highest BCUT2D eigenvalue weighted by Gasteiger charge is 2.17. The SMILES string of the molecule is Cc1ncc2c(=O)n(-c3ccc(Cl)cc3)[nH]c2c1-c1ccc(N2CCNCC2)cc1. The summed E-state index contributed by atoms with van der Waals surface area (Å²) in [5.41, 5.74) is 5.47. The van der Waals surface area contributed by atoms with E-state index in [4.69, 9.17) is 11.6 Å². The number of H-pyrrole nitrogens is 1. The van der Waals surface area contributed by atoms with Gasteiger partial charge in [0.1, 0.15) is 0 Å². The first-order valence-corrected chi connectivity index (χ1v) is 10.4. The molecule has 1 aliphatic rings. The molecule has 6 nitrogen and oxygen atoms in total. The number of aromatic amines is 1. The standard InChI is InChI=1S/C23H22ClN5O/c1-15-21(16-2-6-18(7-3-16)28-12-10-25-11-13-28)22-20(14-26-15)23(30)29(27-22)19-8-4-17(24)5-9-19/h2-9,14,25,27H,10-13H2,1H3. The molecule has 1 fully saturated rings. The number of pyridine rings is 1. The first-order chi connectivity index (χ1) is 14.6. The van der Waals surface area contributed by atoms with E-state index in [9.17, 15) is 4.79 Å². The molecule has 2 aromatic carbocycles. The quantitative estimate of drug-likeness (QED) is 0.530. The van der Waals surface area contributed by atoms with Gasteiger partial charge in [0, 0.05) is 54.3 Å². The van der Waals surface area contributed by atoms with Gasteiger partial charge in [-0.2, -0.15) is 0 Å². The van der Waals surface area contributed by atoms with E-state index >= 15 is 0 Å². The fraction of sp³-hybridized carbons (Fsp3) is 0.217. The predicted octanol–water partition coefficient (Wildman–Crippen LogP) is 3.75. The highest BCUT2D eigenvalue weighted by atomic mass is 35.5. The lowest BCUT2D eigenvalue weighted by Crippen LogP contribution is -2.43. The number of anilines is 1. The molecule has 7 heteroatoms. The van der Waals surface area contributed by atoms with Gasteiger partial charge in [0.05, 0.1) is 16.6 Å². The van der Waals surface area contributed by atoms with Crippen LogP contribution in [0.1, 0.15) is 5.69 Å². The molecule has 1 aliphatic heterocycles. The van der Waals surface area contributed by atoms with E-state index in [2.05, 4.69) is 44.6 Å². The number of fused-ring (bicyclic) bond motifs is 1. The van der Waals surface area contributed by atoms with Gasteiger partial charge < -0.3 is 10.2 Å². The fourth-order valence-electron chi connectivity index (χ4n) is 4.05. The van der Waals surface area contributed by atoms with Crippen molar-refractivity contribution in [1.82, 2.24) is 20.1 Å². The molecule has 30 heavy (non-hydrogen) atoms. The molecule has 0 atom stereocenters. The molecule has 0 unspecified atom stereocenters. The molecule has 152 valence electrons. The third-order valence-corrected chi connectivity index (χ3v) is 5.90. The summed E-state index contributed by atoms with van der Waals surface area (Å²) in [6.07, 6.45) is 1.65. The van der Waals surface area contributed by atoms with Crippen molar-refractivity contribution in [2.45, 2.75) is 6.92 Å². The van der Waals surface area contributed by atoms with Crippen LogP contribution in [0.15, 0.2) is 59.5 Å². The number of benzene rings is 2. The Morgan fingerprint density at radius 2 is 1.63 bits per heavy atom. The van der Waals surface area contributed by atoms with E-state index in [0.29, 0.717) is 10.4 Å². The minimum Gasteiger partial charge on any atom is -0.369 e. The number of aryl methyl sites for hydroxylation is 1. The van der Waals surface area contributed by atoms with Crippen LogP contribution in [0.2, 0.25) is 5.02 Å². The van der Waals surface area contributed by atoms with Crippen LogP contribution in [-0.2, 0) is 0 Å². The summed E-state index contributed by atoms with van der Waals surface area (Å²) in [7, 11) is 0. The Kier molecular flexibility index (Phi) is 4.81. The lowest BCUT2D eigenvalue weighted by molar-refractivity contribution is 0.589. The first kappa shape index (κ1) is 18.9. The van der Waals surface area contributed by atoms with Gasteiger partial charge in [-0.25, -0.2) is 4.68 Å². The first-order valence-electron chi connectivity index (χ1n) is 10.0. The van der Waals surface area contributed by atoms with Crippen LogP contribution < -0.4 is 15.8 Å². The molecule has 4 aromatic rings. The number of nitrogens with zero attached hydrogens (tertiary/aromatic N) is 3. The van der Waals surface area contributed by atoms with Crippen molar-refractivity contribution in [3.63, 3.8) is 0 Å². The second-order valence-corrected chi connectivity index (χ2v) is 7.96. The van der Waals surface area contributed by atoms with E-state index in [1.165, 1.54) is 5.69 Å². The van der Waals surface area contributed by atoms with Gasteiger partial charge in [-0.05, 0) is 48.9 Å². The van der Waals surface area contributed by atoms with Gasteiger partial charge in [0.15, 0.2) is 0 Å². The summed E-state index contributed by atoms with van der Waals surface area (Å²) in [6, 6.07) is 15.7. The predicted molar refractivity (Wildman–Crippen MR) is 122 cm³/mol. The summed E-state index contributed by atoms with van der Waals surface area (Å²) >= 11 is 6.00. The Morgan fingerprint density at radius 3 is 2.33 bits per heavy atom. The van der Waals surface area contributed by atoms with Crippen molar-refractivity contribution < 1.29 is 0 Å². The Labute approximate surface area is 179 Å². The Morgan fingerprint density at radius 1 is 0.967 bits per heavy atom. The molecular weight excluding hydrogens is 398 g/mol. The van der Waals surface area contributed by atoms with Gasteiger partial charge in [-0.15, -0.1) is 0 Å². The van der Waals surface area contributed by atoms with Crippen LogP contribution in [0.3, 0.4) is 0 Å². The molecular formula is C23H22ClN5O. The minimum atomic E-state index is -0.126. The highest BCUT2D eigenvalue weighted by Crippen LogP contribution is 2.30. The van der Waals surface area contributed by atoms with Crippen LogP contribution in [0.4, 0.5) is 5.69 Å². The van der Waals surface area contributed by atoms with Crippen molar-refractivity contribution in [1.29, 1.82) is 0 Å². The number of piperazine rings is 1. The van der Waals surface area contributed by atoms with E-state index in [-0.39, 0.29) is 5.56 Å². The molecule has 0 aliphatic carbocycles. The number of aromatic nitrogens is 3. The summed E-state index contributed by atoms with van der Waals surface area (Å²) in [5.74, 6) is 0. The molecule has 3 heterocycles. The Bertz CT molecular complexity index is 1250. The zero-order valence-corrected chi connectivity index (χ0v) is 17.4. The maximum absolute atomic E-state index is 13.0. The third kappa shape index (κ3) is 3.28. The van der Waals surface area contributed by atoms with Crippen LogP contribution >= 0.6 is 11.6 Å². The van der Waals surface area contributed by atoms with Crippen molar-refractivity contribution >= 4 is 28.2 Å². The molecule has 0 radical (unpaired) electrons.